The lowest BCUT2D eigenvalue weighted by atomic mass is 9.87. The van der Waals surface area contributed by atoms with Crippen LogP contribution < -0.4 is 5.32 Å². The molecule has 1 aliphatic rings. The molecule has 0 saturated carbocycles. The van der Waals surface area contributed by atoms with Gasteiger partial charge in [-0.2, -0.15) is 0 Å². The number of rotatable bonds is 3. The zero-order valence-electron chi connectivity index (χ0n) is 9.88. The Hall–Kier alpha value is -0.640. The van der Waals surface area contributed by atoms with Gasteiger partial charge in [0.15, 0.2) is 0 Å². The van der Waals surface area contributed by atoms with Gasteiger partial charge in [0.25, 0.3) is 0 Å². The van der Waals surface area contributed by atoms with Crippen LogP contribution in [0.1, 0.15) is 24.4 Å². The van der Waals surface area contributed by atoms with Crippen LogP contribution in [-0.4, -0.2) is 20.3 Å². The van der Waals surface area contributed by atoms with Crippen LogP contribution >= 0.6 is 11.6 Å². The normalized spacial score (nSPS) is 19.2. The number of hydrogen-bond acceptors (Lipinski definition) is 2. The van der Waals surface area contributed by atoms with E-state index in [2.05, 4.69) is 5.32 Å². The molecule has 1 aromatic rings. The highest BCUT2D eigenvalue weighted by Crippen LogP contribution is 2.32. The molecule has 2 rings (SSSR count). The number of benzene rings is 1. The third-order valence-corrected chi connectivity index (χ3v) is 3.58. The van der Waals surface area contributed by atoms with E-state index >= 15 is 0 Å². The lowest BCUT2D eigenvalue weighted by Gasteiger charge is -2.30. The summed E-state index contributed by atoms with van der Waals surface area (Å²) in [5.41, 5.74) is 0.659. The van der Waals surface area contributed by atoms with Crippen molar-refractivity contribution >= 4 is 11.6 Å². The van der Waals surface area contributed by atoms with Gasteiger partial charge < -0.3 is 10.1 Å². The van der Waals surface area contributed by atoms with E-state index in [1.54, 1.807) is 12.1 Å². The monoisotopic (exact) mass is 257 g/mol. The maximum Gasteiger partial charge on any atom is 0.128 e. The summed E-state index contributed by atoms with van der Waals surface area (Å²) in [5.74, 6) is 0.210. The fraction of sp³-hybridized carbons (Fsp3) is 0.538. The standard InChI is InChI=1S/C13H17ClFNO/c1-16-13(9-4-6-17-7-5-9)11-8-10(14)2-3-12(11)15/h2-3,8-9,13,16H,4-7H2,1H3. The summed E-state index contributed by atoms with van der Waals surface area (Å²) >= 11 is 5.94. The van der Waals surface area contributed by atoms with Gasteiger partial charge in [-0.05, 0) is 44.0 Å². The Morgan fingerprint density at radius 1 is 1.41 bits per heavy atom. The van der Waals surface area contributed by atoms with Crippen molar-refractivity contribution in [1.29, 1.82) is 0 Å². The molecule has 1 aliphatic heterocycles. The quantitative estimate of drug-likeness (QED) is 0.898. The van der Waals surface area contributed by atoms with Crippen LogP contribution in [0.25, 0.3) is 0 Å². The van der Waals surface area contributed by atoms with Crippen LogP contribution in [-0.2, 0) is 4.74 Å². The van der Waals surface area contributed by atoms with Crippen LogP contribution in [0.2, 0.25) is 5.02 Å². The molecule has 17 heavy (non-hydrogen) atoms. The Kier molecular flexibility index (Phi) is 4.37. The largest absolute Gasteiger partial charge is 0.381 e. The first-order chi connectivity index (χ1) is 8.22. The average molecular weight is 258 g/mol. The maximum absolute atomic E-state index is 13.8. The van der Waals surface area contributed by atoms with Gasteiger partial charge in [0.1, 0.15) is 5.82 Å². The van der Waals surface area contributed by atoms with Gasteiger partial charge in [0.05, 0.1) is 0 Å². The first kappa shape index (κ1) is 12.8. The fourth-order valence-corrected chi connectivity index (χ4v) is 2.63. The van der Waals surface area contributed by atoms with Gasteiger partial charge in [-0.25, -0.2) is 4.39 Å². The van der Waals surface area contributed by atoms with Crippen molar-refractivity contribution in [2.45, 2.75) is 18.9 Å². The molecule has 2 nitrogen and oxygen atoms in total. The molecule has 1 saturated heterocycles. The van der Waals surface area contributed by atoms with Gasteiger partial charge in [0, 0.05) is 29.8 Å². The van der Waals surface area contributed by atoms with Crippen molar-refractivity contribution < 1.29 is 9.13 Å². The van der Waals surface area contributed by atoms with Gasteiger partial charge in [-0.3, -0.25) is 0 Å². The molecule has 0 aromatic heterocycles. The Labute approximate surface area is 106 Å². The lowest BCUT2D eigenvalue weighted by Crippen LogP contribution is -2.30. The van der Waals surface area contributed by atoms with Crippen molar-refractivity contribution in [1.82, 2.24) is 5.32 Å². The topological polar surface area (TPSA) is 21.3 Å². The highest BCUT2D eigenvalue weighted by molar-refractivity contribution is 6.30. The highest BCUT2D eigenvalue weighted by atomic mass is 35.5. The highest BCUT2D eigenvalue weighted by Gasteiger charge is 2.26. The minimum atomic E-state index is -0.194. The first-order valence-corrected chi connectivity index (χ1v) is 6.30. The zero-order valence-corrected chi connectivity index (χ0v) is 10.6. The summed E-state index contributed by atoms with van der Waals surface area (Å²) in [4.78, 5) is 0. The Morgan fingerprint density at radius 3 is 2.76 bits per heavy atom. The van der Waals surface area contributed by atoms with E-state index < -0.39 is 0 Å². The van der Waals surface area contributed by atoms with Crippen molar-refractivity contribution in [2.75, 3.05) is 20.3 Å². The van der Waals surface area contributed by atoms with Crippen LogP contribution in [0, 0.1) is 11.7 Å². The smallest absolute Gasteiger partial charge is 0.128 e. The molecule has 1 unspecified atom stereocenters. The molecule has 1 heterocycles. The number of nitrogens with one attached hydrogen (secondary N) is 1. The Bertz CT molecular complexity index is 380. The van der Waals surface area contributed by atoms with E-state index in [-0.39, 0.29) is 11.9 Å². The van der Waals surface area contributed by atoms with Gasteiger partial charge >= 0.3 is 0 Å². The third kappa shape index (κ3) is 2.97. The molecule has 1 atom stereocenters. The first-order valence-electron chi connectivity index (χ1n) is 5.92. The average Bonchev–Trinajstić information content (AvgIpc) is 2.36. The number of halogens is 2. The number of ether oxygens (including phenoxy) is 1. The number of hydrogen-bond donors (Lipinski definition) is 1. The van der Waals surface area contributed by atoms with Gasteiger partial charge in [-0.15, -0.1) is 0 Å². The molecular weight excluding hydrogens is 241 g/mol. The summed E-state index contributed by atoms with van der Waals surface area (Å²) in [6.45, 7) is 1.51. The third-order valence-electron chi connectivity index (χ3n) is 3.34. The molecule has 0 radical (unpaired) electrons. The van der Waals surface area contributed by atoms with E-state index in [0.29, 0.717) is 16.5 Å². The molecule has 0 spiro atoms. The second kappa shape index (κ2) is 5.80. The van der Waals surface area contributed by atoms with Crippen LogP contribution in [0.5, 0.6) is 0 Å². The Balaban J connectivity index is 2.24. The minimum Gasteiger partial charge on any atom is -0.381 e. The van der Waals surface area contributed by atoms with E-state index in [1.807, 2.05) is 7.05 Å². The maximum atomic E-state index is 13.8. The lowest BCUT2D eigenvalue weighted by molar-refractivity contribution is 0.0541. The molecule has 1 N–H and O–H groups in total. The van der Waals surface area contributed by atoms with Crippen molar-refractivity contribution in [3.8, 4) is 0 Å². The van der Waals surface area contributed by atoms with E-state index in [1.165, 1.54) is 6.07 Å². The van der Waals surface area contributed by atoms with Crippen molar-refractivity contribution in [2.24, 2.45) is 5.92 Å². The fourth-order valence-electron chi connectivity index (χ4n) is 2.45. The molecule has 0 bridgehead atoms. The van der Waals surface area contributed by atoms with E-state index in [0.717, 1.165) is 26.1 Å². The Morgan fingerprint density at radius 2 is 2.12 bits per heavy atom. The minimum absolute atomic E-state index is 0.0117. The molecule has 0 amide bonds. The molecular formula is C13H17ClFNO. The predicted molar refractivity (Wildman–Crippen MR) is 66.8 cm³/mol. The van der Waals surface area contributed by atoms with Crippen LogP contribution in [0.4, 0.5) is 4.39 Å². The summed E-state index contributed by atoms with van der Waals surface area (Å²) in [6.07, 6.45) is 1.91. The predicted octanol–water partition coefficient (Wildman–Crippen LogP) is 3.17. The van der Waals surface area contributed by atoms with E-state index in [4.69, 9.17) is 16.3 Å². The molecule has 1 fully saturated rings. The molecule has 0 aliphatic carbocycles. The second-order valence-electron chi connectivity index (χ2n) is 4.38. The molecule has 4 heteroatoms. The van der Waals surface area contributed by atoms with Crippen molar-refractivity contribution in [3.05, 3.63) is 34.6 Å². The van der Waals surface area contributed by atoms with E-state index in [9.17, 15) is 4.39 Å². The second-order valence-corrected chi connectivity index (χ2v) is 4.82. The SMILES string of the molecule is CNC(c1cc(Cl)ccc1F)C1CCOCC1. The summed E-state index contributed by atoms with van der Waals surface area (Å²) < 4.78 is 19.2. The van der Waals surface area contributed by atoms with Crippen molar-refractivity contribution in [3.63, 3.8) is 0 Å². The zero-order chi connectivity index (χ0) is 12.3. The van der Waals surface area contributed by atoms with Gasteiger partial charge in [0.2, 0.25) is 0 Å². The van der Waals surface area contributed by atoms with Crippen LogP contribution in [0.3, 0.4) is 0 Å². The summed E-state index contributed by atoms with van der Waals surface area (Å²) in [6, 6.07) is 4.74. The van der Waals surface area contributed by atoms with Gasteiger partial charge in [-0.1, -0.05) is 11.6 Å². The molecule has 94 valence electrons. The summed E-state index contributed by atoms with van der Waals surface area (Å²) in [7, 11) is 1.86. The van der Waals surface area contributed by atoms with Crippen LogP contribution in [0.15, 0.2) is 18.2 Å². The summed E-state index contributed by atoms with van der Waals surface area (Å²) in [5, 5.41) is 3.78. The molecule has 1 aromatic carbocycles.